The lowest BCUT2D eigenvalue weighted by atomic mass is 10.2. The Kier molecular flexibility index (Phi) is 6.32. The van der Waals surface area contributed by atoms with Crippen LogP contribution < -0.4 is 5.32 Å². The van der Waals surface area contributed by atoms with E-state index >= 15 is 0 Å². The van der Waals surface area contributed by atoms with E-state index in [9.17, 15) is 9.59 Å². The maximum absolute atomic E-state index is 11.7. The third-order valence-corrected chi connectivity index (χ3v) is 5.21. The topological polar surface area (TPSA) is 55.4 Å². The Morgan fingerprint density at radius 2 is 2.18 bits per heavy atom. The van der Waals surface area contributed by atoms with Crippen molar-refractivity contribution in [1.29, 1.82) is 0 Å². The molecule has 1 aromatic carbocycles. The second-order valence-electron chi connectivity index (χ2n) is 5.55. The number of aryl methyl sites for hydroxylation is 1. The Morgan fingerprint density at radius 1 is 1.45 bits per heavy atom. The number of carbonyl (C=O) groups excluding carboxylic acids is 2. The molecule has 1 fully saturated rings. The summed E-state index contributed by atoms with van der Waals surface area (Å²) >= 11 is 4.82. The number of amides is 1. The minimum Gasteiger partial charge on any atom is -0.455 e. The first-order valence-electron chi connectivity index (χ1n) is 7.29. The van der Waals surface area contributed by atoms with Crippen LogP contribution in [0.25, 0.3) is 0 Å². The number of halogens is 1. The minimum atomic E-state index is -0.374. The van der Waals surface area contributed by atoms with Gasteiger partial charge in [-0.05, 0) is 56.4 Å². The van der Waals surface area contributed by atoms with Crippen LogP contribution >= 0.6 is 27.7 Å². The van der Waals surface area contributed by atoms with Crippen molar-refractivity contribution < 1.29 is 14.3 Å². The largest absolute Gasteiger partial charge is 0.455 e. The van der Waals surface area contributed by atoms with Crippen molar-refractivity contribution in [2.24, 2.45) is 5.92 Å². The first kappa shape index (κ1) is 17.3. The van der Waals surface area contributed by atoms with Crippen LogP contribution in [0.5, 0.6) is 0 Å². The van der Waals surface area contributed by atoms with Gasteiger partial charge >= 0.3 is 5.97 Å². The van der Waals surface area contributed by atoms with Crippen LogP contribution in [0.4, 0.5) is 0 Å². The van der Waals surface area contributed by atoms with Crippen LogP contribution in [0.2, 0.25) is 0 Å². The Morgan fingerprint density at radius 3 is 2.82 bits per heavy atom. The van der Waals surface area contributed by atoms with Crippen molar-refractivity contribution in [3.63, 3.8) is 0 Å². The average Bonchev–Trinajstić information content (AvgIpc) is 3.28. The van der Waals surface area contributed by atoms with Gasteiger partial charge in [-0.3, -0.25) is 9.59 Å². The molecule has 1 amide bonds. The highest BCUT2D eigenvalue weighted by atomic mass is 79.9. The highest BCUT2D eigenvalue weighted by Crippen LogP contribution is 2.32. The van der Waals surface area contributed by atoms with Gasteiger partial charge in [0.2, 0.25) is 0 Å². The van der Waals surface area contributed by atoms with Gasteiger partial charge in [0, 0.05) is 15.4 Å². The quantitative estimate of drug-likeness (QED) is 0.577. The van der Waals surface area contributed by atoms with Crippen LogP contribution in [0, 0.1) is 12.8 Å². The molecule has 0 saturated heterocycles. The highest BCUT2D eigenvalue weighted by Gasteiger charge is 2.28. The number of carbonyl (C=O) groups is 2. The zero-order chi connectivity index (χ0) is 16.1. The van der Waals surface area contributed by atoms with E-state index in [2.05, 4.69) is 21.2 Å². The molecule has 0 aromatic heterocycles. The molecule has 1 aliphatic rings. The van der Waals surface area contributed by atoms with Crippen molar-refractivity contribution in [3.8, 4) is 0 Å². The number of rotatable bonds is 7. The molecule has 6 heteroatoms. The summed E-state index contributed by atoms with van der Waals surface area (Å²) in [5.41, 5.74) is 1.10. The van der Waals surface area contributed by atoms with Crippen LogP contribution in [-0.4, -0.2) is 30.3 Å². The molecule has 120 valence electrons. The van der Waals surface area contributed by atoms with E-state index in [0.717, 1.165) is 14.9 Å². The fourth-order valence-electron chi connectivity index (χ4n) is 2.11. The molecular formula is C16H20BrNO3S. The number of benzene rings is 1. The molecule has 0 aliphatic heterocycles. The first-order chi connectivity index (χ1) is 10.5. The van der Waals surface area contributed by atoms with Crippen LogP contribution in [0.3, 0.4) is 0 Å². The third kappa shape index (κ3) is 5.65. The first-order valence-corrected chi connectivity index (χ1v) is 9.07. The molecule has 4 nitrogen and oxygen atoms in total. The van der Waals surface area contributed by atoms with Crippen LogP contribution in [-0.2, 0) is 14.3 Å². The Labute approximate surface area is 143 Å². The van der Waals surface area contributed by atoms with Gasteiger partial charge in [0.05, 0.1) is 5.75 Å². The van der Waals surface area contributed by atoms with E-state index < -0.39 is 0 Å². The predicted octanol–water partition coefficient (Wildman–Crippen LogP) is 3.31. The predicted molar refractivity (Wildman–Crippen MR) is 90.9 cm³/mol. The van der Waals surface area contributed by atoms with Crippen molar-refractivity contribution in [2.45, 2.75) is 37.6 Å². The van der Waals surface area contributed by atoms with Crippen LogP contribution in [0.15, 0.2) is 27.6 Å². The molecule has 1 N–H and O–H groups in total. The third-order valence-electron chi connectivity index (χ3n) is 3.56. The fourth-order valence-corrected chi connectivity index (χ4v) is 3.39. The number of esters is 1. The minimum absolute atomic E-state index is 0.172. The normalized spacial score (nSPS) is 15.2. The summed E-state index contributed by atoms with van der Waals surface area (Å²) in [5, 5.41) is 2.86. The summed E-state index contributed by atoms with van der Waals surface area (Å²) < 4.78 is 6.02. The molecule has 0 heterocycles. The van der Waals surface area contributed by atoms with Gasteiger partial charge in [0.15, 0.2) is 6.61 Å². The highest BCUT2D eigenvalue weighted by molar-refractivity contribution is 9.10. The summed E-state index contributed by atoms with van der Waals surface area (Å²) in [4.78, 5) is 24.4. The molecule has 2 rings (SSSR count). The van der Waals surface area contributed by atoms with Crippen molar-refractivity contribution in [3.05, 3.63) is 28.2 Å². The zero-order valence-electron chi connectivity index (χ0n) is 12.7. The van der Waals surface area contributed by atoms with Crippen molar-refractivity contribution >= 4 is 39.6 Å². The Bertz CT molecular complexity index is 560. The zero-order valence-corrected chi connectivity index (χ0v) is 15.1. The van der Waals surface area contributed by atoms with Gasteiger partial charge in [0.1, 0.15) is 0 Å². The average molecular weight is 386 g/mol. The molecule has 1 atom stereocenters. The summed E-state index contributed by atoms with van der Waals surface area (Å²) in [7, 11) is 0. The smallest absolute Gasteiger partial charge is 0.316 e. The number of hydrogen-bond donors (Lipinski definition) is 1. The number of thioether (sulfide) groups is 1. The second-order valence-corrected chi connectivity index (χ2v) is 7.49. The fraction of sp³-hybridized carbons (Fsp3) is 0.500. The maximum atomic E-state index is 11.7. The number of ether oxygens (including phenoxy) is 1. The van der Waals surface area contributed by atoms with Crippen LogP contribution in [0.1, 0.15) is 25.3 Å². The van der Waals surface area contributed by atoms with E-state index in [4.69, 9.17) is 4.74 Å². The molecule has 1 saturated carbocycles. The summed E-state index contributed by atoms with van der Waals surface area (Å²) in [6.45, 7) is 3.78. The molecule has 22 heavy (non-hydrogen) atoms. The van der Waals surface area contributed by atoms with Gasteiger partial charge < -0.3 is 10.1 Å². The second kappa shape index (κ2) is 8.02. The lowest BCUT2D eigenvalue weighted by Crippen LogP contribution is -2.37. The van der Waals surface area contributed by atoms with Gasteiger partial charge in [-0.25, -0.2) is 0 Å². The lowest BCUT2D eigenvalue weighted by molar-refractivity contribution is -0.146. The van der Waals surface area contributed by atoms with E-state index in [0.29, 0.717) is 5.92 Å². The van der Waals surface area contributed by atoms with Gasteiger partial charge in [-0.2, -0.15) is 0 Å². The molecule has 1 aliphatic carbocycles. The monoisotopic (exact) mass is 385 g/mol. The maximum Gasteiger partial charge on any atom is 0.316 e. The van der Waals surface area contributed by atoms with E-state index in [-0.39, 0.29) is 30.3 Å². The van der Waals surface area contributed by atoms with Gasteiger partial charge in [-0.1, -0.05) is 15.9 Å². The summed E-state index contributed by atoms with van der Waals surface area (Å²) in [6, 6.07) is 6.07. The van der Waals surface area contributed by atoms with E-state index in [1.165, 1.54) is 24.6 Å². The number of hydrogen-bond acceptors (Lipinski definition) is 4. The van der Waals surface area contributed by atoms with Gasteiger partial charge in [0.25, 0.3) is 5.91 Å². The van der Waals surface area contributed by atoms with Crippen molar-refractivity contribution in [1.82, 2.24) is 5.32 Å². The molecule has 1 aromatic rings. The molecule has 0 unspecified atom stereocenters. The summed E-state index contributed by atoms with van der Waals surface area (Å²) in [5.74, 6) is 0.197. The molecular weight excluding hydrogens is 366 g/mol. The molecule has 0 bridgehead atoms. The summed E-state index contributed by atoms with van der Waals surface area (Å²) in [6.07, 6.45) is 2.34. The molecule has 0 spiro atoms. The molecule has 0 radical (unpaired) electrons. The lowest BCUT2D eigenvalue weighted by Gasteiger charge is -2.12. The van der Waals surface area contributed by atoms with E-state index in [1.807, 2.05) is 32.0 Å². The van der Waals surface area contributed by atoms with Crippen molar-refractivity contribution in [2.75, 3.05) is 12.4 Å². The Balaban J connectivity index is 1.67. The SMILES string of the molecule is Cc1cc(Br)ccc1SCC(=O)OCC(=O)N[C@@H](C)C1CC1. The van der Waals surface area contributed by atoms with E-state index in [1.54, 1.807) is 0 Å². The Hall–Kier alpha value is -1.01. The number of nitrogens with one attached hydrogen (secondary N) is 1. The van der Waals surface area contributed by atoms with Gasteiger partial charge in [-0.15, -0.1) is 11.8 Å². The standard InChI is InChI=1S/C16H20BrNO3S/c1-10-7-13(17)5-6-14(10)22-9-16(20)21-8-15(19)18-11(2)12-3-4-12/h5-7,11-12H,3-4,8-9H2,1-2H3,(H,18,19)/t11-/m0/s1.